The molecule has 1 aliphatic heterocycles. The first-order valence-electron chi connectivity index (χ1n) is 9.80. The maximum absolute atomic E-state index is 11.8. The molecule has 1 fully saturated rings. The zero-order valence-electron chi connectivity index (χ0n) is 18.6. The summed E-state index contributed by atoms with van der Waals surface area (Å²) >= 11 is 6.09. The molecule has 0 spiro atoms. The summed E-state index contributed by atoms with van der Waals surface area (Å²) < 4.78 is 32.2. The summed E-state index contributed by atoms with van der Waals surface area (Å²) in [6.07, 6.45) is -6.98. The number of carbonyl (C=O) groups is 4. The largest absolute Gasteiger partial charge is 0.463 e. The Morgan fingerprint density at radius 1 is 0.941 bits per heavy atom. The summed E-state index contributed by atoms with van der Waals surface area (Å²) in [5, 5.41) is 10.8. The van der Waals surface area contributed by atoms with Crippen LogP contribution in [0.2, 0.25) is 5.02 Å². The summed E-state index contributed by atoms with van der Waals surface area (Å²) in [7, 11) is 0. The lowest BCUT2D eigenvalue weighted by Crippen LogP contribution is -2.63. The Bertz CT molecular complexity index is 967. The van der Waals surface area contributed by atoms with Crippen molar-refractivity contribution >= 4 is 41.2 Å². The molecule has 0 radical (unpaired) electrons. The first kappa shape index (κ1) is 26.8. The minimum Gasteiger partial charge on any atom is -0.463 e. The van der Waals surface area contributed by atoms with Gasteiger partial charge in [0.25, 0.3) is 5.69 Å². The number of benzene rings is 1. The minimum atomic E-state index is -1.51. The van der Waals surface area contributed by atoms with Gasteiger partial charge in [0.2, 0.25) is 12.4 Å². The van der Waals surface area contributed by atoms with Crippen LogP contribution in [-0.2, 0) is 42.9 Å². The molecule has 2 rings (SSSR count). The third kappa shape index (κ3) is 7.28. The summed E-state index contributed by atoms with van der Waals surface area (Å²) in [5.41, 5.74) is -0.307. The van der Waals surface area contributed by atoms with Crippen molar-refractivity contribution in [3.63, 3.8) is 0 Å². The fraction of sp³-hybridized carbons (Fsp3) is 0.500. The van der Waals surface area contributed by atoms with Crippen molar-refractivity contribution in [1.29, 1.82) is 0 Å². The quantitative estimate of drug-likeness (QED) is 0.218. The summed E-state index contributed by atoms with van der Waals surface area (Å²) in [5.74, 6) is -3.16. The number of halogens is 1. The number of nitro benzene ring substituents is 1. The van der Waals surface area contributed by atoms with Crippen LogP contribution in [0.4, 0.5) is 5.69 Å². The number of non-ortho nitro benzene ring substituents is 1. The zero-order chi connectivity index (χ0) is 25.6. The number of esters is 4. The molecule has 186 valence electrons. The maximum atomic E-state index is 11.8. The third-order valence-corrected chi connectivity index (χ3v) is 4.61. The SMILES string of the molecule is CC(=O)OCC1O[C@H](Oc2ccc([N+](=O)[O-])cc2Cl)[C@@H](OC(C)=O)[C@@H](OC(C)=O)[C@H]1OC(C)=O. The topological polar surface area (TPSA) is 167 Å². The molecule has 1 aromatic rings. The second kappa shape index (κ2) is 11.6. The predicted molar refractivity (Wildman–Crippen MR) is 111 cm³/mol. The number of hydrogen-bond acceptors (Lipinski definition) is 12. The van der Waals surface area contributed by atoms with E-state index in [2.05, 4.69) is 0 Å². The van der Waals surface area contributed by atoms with Gasteiger partial charge in [-0.25, -0.2) is 0 Å². The molecule has 0 amide bonds. The van der Waals surface area contributed by atoms with Gasteiger partial charge in [0.05, 0.1) is 9.95 Å². The van der Waals surface area contributed by atoms with Crippen molar-refractivity contribution in [2.45, 2.75) is 58.4 Å². The Hall–Kier alpha value is -3.45. The van der Waals surface area contributed by atoms with E-state index in [1.165, 1.54) is 6.07 Å². The Morgan fingerprint density at radius 2 is 1.50 bits per heavy atom. The normalized spacial score (nSPS) is 23.9. The van der Waals surface area contributed by atoms with Gasteiger partial charge < -0.3 is 28.4 Å². The smallest absolute Gasteiger partial charge is 0.303 e. The second-order valence-electron chi connectivity index (χ2n) is 7.06. The molecule has 1 saturated heterocycles. The van der Waals surface area contributed by atoms with Crippen molar-refractivity contribution in [2.24, 2.45) is 0 Å². The van der Waals surface area contributed by atoms with Crippen molar-refractivity contribution in [1.82, 2.24) is 0 Å². The van der Waals surface area contributed by atoms with Crippen LogP contribution in [0.15, 0.2) is 18.2 Å². The van der Waals surface area contributed by atoms with Crippen molar-refractivity contribution < 1.29 is 52.5 Å². The fourth-order valence-electron chi connectivity index (χ4n) is 3.11. The van der Waals surface area contributed by atoms with Crippen molar-refractivity contribution in [3.8, 4) is 5.75 Å². The van der Waals surface area contributed by atoms with E-state index in [0.29, 0.717) is 0 Å². The Morgan fingerprint density at radius 3 is 2.00 bits per heavy atom. The number of carbonyl (C=O) groups excluding carboxylic acids is 4. The molecule has 13 nitrogen and oxygen atoms in total. The van der Waals surface area contributed by atoms with E-state index in [1.807, 2.05) is 0 Å². The highest BCUT2D eigenvalue weighted by molar-refractivity contribution is 6.32. The molecule has 5 atom stereocenters. The van der Waals surface area contributed by atoms with Crippen LogP contribution in [0, 0.1) is 10.1 Å². The van der Waals surface area contributed by atoms with E-state index in [1.54, 1.807) is 0 Å². The van der Waals surface area contributed by atoms with E-state index in [4.69, 9.17) is 40.0 Å². The maximum Gasteiger partial charge on any atom is 0.303 e. The monoisotopic (exact) mass is 503 g/mol. The Labute approximate surface area is 198 Å². The van der Waals surface area contributed by atoms with Crippen LogP contribution in [0.5, 0.6) is 5.75 Å². The first-order valence-corrected chi connectivity index (χ1v) is 10.2. The molecule has 1 unspecified atom stereocenters. The third-order valence-electron chi connectivity index (χ3n) is 4.32. The summed E-state index contributed by atoms with van der Waals surface area (Å²) in [6.45, 7) is 3.95. The van der Waals surface area contributed by atoms with Crippen LogP contribution < -0.4 is 4.74 Å². The predicted octanol–water partition coefficient (Wildman–Crippen LogP) is 1.71. The van der Waals surface area contributed by atoms with Crippen LogP contribution in [-0.4, -0.2) is 66.1 Å². The van der Waals surface area contributed by atoms with Gasteiger partial charge in [0, 0.05) is 39.8 Å². The van der Waals surface area contributed by atoms with Gasteiger partial charge in [-0.15, -0.1) is 0 Å². The van der Waals surface area contributed by atoms with E-state index in [-0.39, 0.29) is 16.5 Å². The zero-order valence-corrected chi connectivity index (χ0v) is 19.3. The molecule has 1 heterocycles. The number of nitrogens with zero attached hydrogens (tertiary/aromatic N) is 1. The number of rotatable bonds is 8. The molecule has 0 N–H and O–H groups in total. The minimum absolute atomic E-state index is 0.0897. The lowest BCUT2D eigenvalue weighted by molar-refractivity contribution is -0.384. The average molecular weight is 504 g/mol. The number of nitro groups is 1. The number of ether oxygens (including phenoxy) is 6. The molecule has 14 heteroatoms. The lowest BCUT2D eigenvalue weighted by atomic mass is 9.98. The highest BCUT2D eigenvalue weighted by atomic mass is 35.5. The molecule has 0 aliphatic carbocycles. The molecular weight excluding hydrogens is 482 g/mol. The number of hydrogen-bond donors (Lipinski definition) is 0. The highest BCUT2D eigenvalue weighted by Crippen LogP contribution is 2.34. The highest BCUT2D eigenvalue weighted by Gasteiger charge is 2.53. The van der Waals surface area contributed by atoms with Crippen LogP contribution >= 0.6 is 11.6 Å². The van der Waals surface area contributed by atoms with E-state index in [0.717, 1.165) is 39.8 Å². The Balaban J connectivity index is 2.49. The van der Waals surface area contributed by atoms with Gasteiger partial charge in [-0.3, -0.25) is 29.3 Å². The molecule has 1 aliphatic rings. The van der Waals surface area contributed by atoms with Gasteiger partial charge in [0.1, 0.15) is 18.5 Å². The molecular formula is C20H22ClNO12. The average Bonchev–Trinajstić information content (AvgIpc) is 2.71. The van der Waals surface area contributed by atoms with Gasteiger partial charge in [0.15, 0.2) is 12.2 Å². The standard InChI is InChI=1S/C20H22ClNO12/c1-9(23)29-8-16-17(30-10(2)24)18(31-11(3)25)19(32-12(4)26)20(34-16)33-15-6-5-13(22(27)28)7-14(15)21/h5-7,16-20H,8H2,1-4H3/t16?,17-,18-,19-,20-/m0/s1. The molecule has 0 bridgehead atoms. The van der Waals surface area contributed by atoms with Gasteiger partial charge in [-0.1, -0.05) is 11.6 Å². The first-order chi connectivity index (χ1) is 15.9. The second-order valence-corrected chi connectivity index (χ2v) is 7.46. The summed E-state index contributed by atoms with van der Waals surface area (Å²) in [4.78, 5) is 57.0. The van der Waals surface area contributed by atoms with Gasteiger partial charge in [-0.2, -0.15) is 0 Å². The van der Waals surface area contributed by atoms with Crippen molar-refractivity contribution in [2.75, 3.05) is 6.61 Å². The molecule has 0 aromatic heterocycles. The van der Waals surface area contributed by atoms with Crippen molar-refractivity contribution in [3.05, 3.63) is 33.3 Å². The van der Waals surface area contributed by atoms with Gasteiger partial charge >= 0.3 is 23.9 Å². The van der Waals surface area contributed by atoms with Gasteiger partial charge in [-0.05, 0) is 6.07 Å². The van der Waals surface area contributed by atoms with Crippen LogP contribution in [0.3, 0.4) is 0 Å². The fourth-order valence-corrected chi connectivity index (χ4v) is 3.33. The molecule has 34 heavy (non-hydrogen) atoms. The summed E-state index contributed by atoms with van der Waals surface area (Å²) in [6, 6.07) is 3.34. The van der Waals surface area contributed by atoms with E-state index in [9.17, 15) is 29.3 Å². The molecule has 0 saturated carbocycles. The lowest BCUT2D eigenvalue weighted by Gasteiger charge is -2.43. The van der Waals surface area contributed by atoms with Crippen LogP contribution in [0.1, 0.15) is 27.7 Å². The molecule has 1 aromatic carbocycles. The Kier molecular flexibility index (Phi) is 9.15. The van der Waals surface area contributed by atoms with E-state index < -0.39 is 66.1 Å². The van der Waals surface area contributed by atoms with E-state index >= 15 is 0 Å². The van der Waals surface area contributed by atoms with Crippen LogP contribution in [0.25, 0.3) is 0 Å².